The highest BCUT2D eigenvalue weighted by molar-refractivity contribution is 6.50. The number of hydrogen-bond acceptors (Lipinski definition) is 2. The van der Waals surface area contributed by atoms with Crippen molar-refractivity contribution in [3.8, 4) is 0 Å². The molecule has 13 heavy (non-hydrogen) atoms. The molecule has 76 valence electrons. The van der Waals surface area contributed by atoms with Crippen LogP contribution in [-0.2, 0) is 9.31 Å². The van der Waals surface area contributed by atoms with Gasteiger partial charge < -0.3 is 9.31 Å². The molecule has 0 saturated heterocycles. The molecule has 0 aromatic carbocycles. The summed E-state index contributed by atoms with van der Waals surface area (Å²) >= 11 is 0. The summed E-state index contributed by atoms with van der Waals surface area (Å²) in [5.41, 5.74) is 0. The van der Waals surface area contributed by atoms with Crippen LogP contribution < -0.4 is 0 Å². The molecule has 0 bridgehead atoms. The Balaban J connectivity index is 3.95. The van der Waals surface area contributed by atoms with Crippen molar-refractivity contribution >= 4 is 7.12 Å². The molecule has 0 N–H and O–H groups in total. The van der Waals surface area contributed by atoms with E-state index in [1.807, 2.05) is 33.7 Å². The highest BCUT2D eigenvalue weighted by Crippen LogP contribution is 2.01. The molecule has 0 saturated carbocycles. The minimum Gasteiger partial charge on any atom is -0.405 e. The summed E-state index contributed by atoms with van der Waals surface area (Å²) in [7, 11) is -0.194. The third kappa shape index (κ3) is 8.07. The lowest BCUT2D eigenvalue weighted by atomic mass is 9.88. The quantitative estimate of drug-likeness (QED) is 0.591. The first kappa shape index (κ1) is 12.7. The molecule has 0 atom stereocenters. The Bertz CT molecular complexity index is 134. The zero-order chi connectivity index (χ0) is 10.3. The maximum Gasteiger partial charge on any atom is 0.486 e. The second kappa shape index (κ2) is 7.16. The largest absolute Gasteiger partial charge is 0.486 e. The maximum atomic E-state index is 5.55. The van der Waals surface area contributed by atoms with E-state index >= 15 is 0 Å². The second-order valence-electron chi connectivity index (χ2n) is 3.57. The van der Waals surface area contributed by atoms with Gasteiger partial charge in [-0.25, -0.2) is 0 Å². The van der Waals surface area contributed by atoms with Gasteiger partial charge in [0.25, 0.3) is 0 Å². The van der Waals surface area contributed by atoms with Gasteiger partial charge in [0.1, 0.15) is 0 Å². The summed E-state index contributed by atoms with van der Waals surface area (Å²) in [6, 6.07) is 0. The van der Waals surface area contributed by atoms with Crippen molar-refractivity contribution in [3.63, 3.8) is 0 Å². The van der Waals surface area contributed by atoms with Gasteiger partial charge in [-0.1, -0.05) is 19.0 Å². The first-order chi connectivity index (χ1) is 6.06. The van der Waals surface area contributed by atoms with Crippen LogP contribution in [0.1, 0.15) is 41.0 Å². The molecule has 0 aliphatic carbocycles. The van der Waals surface area contributed by atoms with Crippen molar-refractivity contribution in [2.75, 3.05) is 0 Å². The fourth-order valence-corrected chi connectivity index (χ4v) is 0.906. The fourth-order valence-electron chi connectivity index (χ4n) is 0.906. The molecule has 0 amide bonds. The lowest BCUT2D eigenvalue weighted by Gasteiger charge is -2.16. The molecule has 2 nitrogen and oxygen atoms in total. The van der Waals surface area contributed by atoms with E-state index in [4.69, 9.17) is 9.31 Å². The molecule has 0 radical (unpaired) electrons. The summed E-state index contributed by atoms with van der Waals surface area (Å²) in [6.07, 6.45) is 3.48. The third-order valence-corrected chi connectivity index (χ3v) is 1.34. The Hall–Kier alpha value is -0.275. The van der Waals surface area contributed by atoms with Crippen LogP contribution in [-0.4, -0.2) is 19.3 Å². The minimum absolute atomic E-state index is 0.194. The molecule has 0 unspecified atom stereocenters. The Morgan fingerprint density at radius 2 is 1.54 bits per heavy atom. The van der Waals surface area contributed by atoms with E-state index in [1.54, 1.807) is 0 Å². The molecule has 0 aromatic rings. The van der Waals surface area contributed by atoms with Crippen molar-refractivity contribution < 1.29 is 9.31 Å². The van der Waals surface area contributed by atoms with Crippen LogP contribution in [0.25, 0.3) is 0 Å². The standard InChI is InChI=1S/C10H21BO2/c1-6-7-8-11(12-9(2)3)13-10(4)5/h7-10H,6H2,1-5H3/b8-7+. The molecule has 0 heterocycles. The number of hydrogen-bond donors (Lipinski definition) is 0. The molecule has 3 heteroatoms. The summed E-state index contributed by atoms with van der Waals surface area (Å²) < 4.78 is 11.1. The lowest BCUT2D eigenvalue weighted by Crippen LogP contribution is -2.27. The van der Waals surface area contributed by atoms with Crippen LogP contribution in [0.2, 0.25) is 0 Å². The maximum absolute atomic E-state index is 5.55. The van der Waals surface area contributed by atoms with Crippen molar-refractivity contribution in [1.29, 1.82) is 0 Å². The number of rotatable bonds is 6. The zero-order valence-corrected chi connectivity index (χ0v) is 9.41. The zero-order valence-electron chi connectivity index (χ0n) is 9.41. The Kier molecular flexibility index (Phi) is 7.01. The molecule has 0 rings (SSSR count). The van der Waals surface area contributed by atoms with Crippen molar-refractivity contribution in [2.45, 2.75) is 53.2 Å². The van der Waals surface area contributed by atoms with Gasteiger partial charge in [-0.05, 0) is 34.1 Å². The van der Waals surface area contributed by atoms with E-state index in [1.165, 1.54) is 0 Å². The van der Waals surface area contributed by atoms with Gasteiger partial charge in [0.15, 0.2) is 0 Å². The normalized spacial score (nSPS) is 11.9. The second-order valence-corrected chi connectivity index (χ2v) is 3.57. The van der Waals surface area contributed by atoms with Crippen molar-refractivity contribution in [3.05, 3.63) is 12.1 Å². The Morgan fingerprint density at radius 1 is 1.08 bits per heavy atom. The minimum atomic E-state index is -0.194. The van der Waals surface area contributed by atoms with Gasteiger partial charge in [0.05, 0.1) is 0 Å². The Labute approximate surface area is 82.5 Å². The molecule has 0 fully saturated rings. The molecular weight excluding hydrogens is 163 g/mol. The van der Waals surface area contributed by atoms with Crippen molar-refractivity contribution in [2.24, 2.45) is 0 Å². The SMILES string of the molecule is CC/C=C/B(OC(C)C)OC(C)C. The van der Waals surface area contributed by atoms with E-state index in [0.717, 1.165) is 6.42 Å². The van der Waals surface area contributed by atoms with Crippen LogP contribution in [0.3, 0.4) is 0 Å². The topological polar surface area (TPSA) is 18.5 Å². The van der Waals surface area contributed by atoms with Gasteiger partial charge >= 0.3 is 7.12 Å². The summed E-state index contributed by atoms with van der Waals surface area (Å²) in [5, 5.41) is 0. The van der Waals surface area contributed by atoms with Crippen LogP contribution >= 0.6 is 0 Å². The summed E-state index contributed by atoms with van der Waals surface area (Å²) in [4.78, 5) is 0. The highest BCUT2D eigenvalue weighted by atomic mass is 16.6. The predicted molar refractivity (Wildman–Crippen MR) is 57.6 cm³/mol. The van der Waals surface area contributed by atoms with E-state index in [-0.39, 0.29) is 19.3 Å². The molecule has 0 aliphatic heterocycles. The first-order valence-corrected chi connectivity index (χ1v) is 5.03. The average molecular weight is 184 g/mol. The number of allylic oxidation sites excluding steroid dienone is 1. The third-order valence-electron chi connectivity index (χ3n) is 1.34. The fraction of sp³-hybridized carbons (Fsp3) is 0.800. The monoisotopic (exact) mass is 184 g/mol. The van der Waals surface area contributed by atoms with Crippen molar-refractivity contribution in [1.82, 2.24) is 0 Å². The summed E-state index contributed by atoms with van der Waals surface area (Å²) in [6.45, 7) is 10.1. The smallest absolute Gasteiger partial charge is 0.405 e. The van der Waals surface area contributed by atoms with Gasteiger partial charge in [0, 0.05) is 12.2 Å². The van der Waals surface area contributed by atoms with Crippen LogP contribution in [0.15, 0.2) is 12.1 Å². The van der Waals surface area contributed by atoms with Crippen LogP contribution in [0, 0.1) is 0 Å². The van der Waals surface area contributed by atoms with E-state index in [0.29, 0.717) is 0 Å². The van der Waals surface area contributed by atoms with Gasteiger partial charge in [-0.15, -0.1) is 0 Å². The highest BCUT2D eigenvalue weighted by Gasteiger charge is 2.16. The summed E-state index contributed by atoms with van der Waals surface area (Å²) in [5.74, 6) is 1.97. The lowest BCUT2D eigenvalue weighted by molar-refractivity contribution is 0.138. The van der Waals surface area contributed by atoms with Crippen LogP contribution in [0.5, 0.6) is 0 Å². The van der Waals surface area contributed by atoms with E-state index in [9.17, 15) is 0 Å². The van der Waals surface area contributed by atoms with E-state index in [2.05, 4.69) is 13.0 Å². The molecule has 0 aliphatic rings. The van der Waals surface area contributed by atoms with Gasteiger partial charge in [-0.2, -0.15) is 0 Å². The predicted octanol–water partition coefficient (Wildman–Crippen LogP) is 2.83. The first-order valence-electron chi connectivity index (χ1n) is 5.03. The van der Waals surface area contributed by atoms with Gasteiger partial charge in [-0.3, -0.25) is 0 Å². The average Bonchev–Trinajstić information content (AvgIpc) is 1.98. The van der Waals surface area contributed by atoms with Gasteiger partial charge in [0.2, 0.25) is 0 Å². The molecular formula is C10H21BO2. The van der Waals surface area contributed by atoms with E-state index < -0.39 is 0 Å². The molecule has 0 spiro atoms. The Morgan fingerprint density at radius 3 is 1.85 bits per heavy atom. The molecule has 0 aromatic heterocycles. The van der Waals surface area contributed by atoms with Crippen LogP contribution in [0.4, 0.5) is 0 Å².